The second-order valence-electron chi connectivity index (χ2n) is 8.57. The predicted octanol–water partition coefficient (Wildman–Crippen LogP) is 5.66. The van der Waals surface area contributed by atoms with Crippen LogP contribution in [0.5, 0.6) is 5.75 Å². The number of aliphatic hydroxyl groups is 1. The fourth-order valence-corrected chi connectivity index (χ4v) is 3.61. The molecule has 31 heavy (non-hydrogen) atoms. The first-order valence-corrected chi connectivity index (χ1v) is 11.9. The molecule has 2 aromatic rings. The normalized spacial score (nSPS) is 13.1. The fourth-order valence-electron chi connectivity index (χ4n) is 3.61. The number of aliphatic hydroxyl groups excluding tert-OH is 1. The van der Waals surface area contributed by atoms with Crippen molar-refractivity contribution in [2.24, 2.45) is 5.73 Å². The summed E-state index contributed by atoms with van der Waals surface area (Å²) >= 11 is 0. The van der Waals surface area contributed by atoms with Gasteiger partial charge in [-0.1, -0.05) is 75.1 Å². The Kier molecular flexibility index (Phi) is 12.3. The van der Waals surface area contributed by atoms with E-state index in [-0.39, 0.29) is 6.61 Å². The standard InChI is InChI=1S/C27H41NO3/c1-2-3-4-5-9-21-31-26-15-13-24(14-16-26)17-19-27(28,23-29)18-10-20-30-22-25-11-7-6-8-12-25/h6-8,11-16,29H,2-5,9-10,17-23,28H2,1H3/t27-/m1/s1. The van der Waals surface area contributed by atoms with Gasteiger partial charge in [-0.25, -0.2) is 0 Å². The van der Waals surface area contributed by atoms with E-state index in [2.05, 4.69) is 31.2 Å². The molecule has 3 N–H and O–H groups in total. The maximum absolute atomic E-state index is 9.83. The first-order chi connectivity index (χ1) is 15.1. The molecular weight excluding hydrogens is 386 g/mol. The minimum atomic E-state index is -0.566. The molecule has 0 spiro atoms. The van der Waals surface area contributed by atoms with Crippen LogP contribution in [0, 0.1) is 0 Å². The molecule has 0 saturated heterocycles. The van der Waals surface area contributed by atoms with Crippen LogP contribution in [0.25, 0.3) is 0 Å². The smallest absolute Gasteiger partial charge is 0.119 e. The van der Waals surface area contributed by atoms with Crippen LogP contribution in [0.15, 0.2) is 54.6 Å². The van der Waals surface area contributed by atoms with Crippen LogP contribution >= 0.6 is 0 Å². The van der Waals surface area contributed by atoms with E-state index in [1.54, 1.807) is 0 Å². The van der Waals surface area contributed by atoms with Gasteiger partial charge in [0.25, 0.3) is 0 Å². The van der Waals surface area contributed by atoms with E-state index < -0.39 is 5.54 Å². The summed E-state index contributed by atoms with van der Waals surface area (Å²) in [5.41, 5.74) is 8.28. The summed E-state index contributed by atoms with van der Waals surface area (Å²) in [5.74, 6) is 0.927. The van der Waals surface area contributed by atoms with E-state index in [0.717, 1.165) is 44.5 Å². The van der Waals surface area contributed by atoms with E-state index in [1.165, 1.54) is 36.8 Å². The Labute approximate surface area is 188 Å². The third kappa shape index (κ3) is 10.8. The Bertz CT molecular complexity index is 689. The molecule has 2 rings (SSSR count). The van der Waals surface area contributed by atoms with E-state index in [0.29, 0.717) is 13.2 Å². The maximum Gasteiger partial charge on any atom is 0.119 e. The molecule has 0 radical (unpaired) electrons. The minimum Gasteiger partial charge on any atom is -0.494 e. The molecule has 0 aliphatic heterocycles. The fraction of sp³-hybridized carbons (Fsp3) is 0.556. The largest absolute Gasteiger partial charge is 0.494 e. The highest BCUT2D eigenvalue weighted by Gasteiger charge is 2.23. The van der Waals surface area contributed by atoms with E-state index in [9.17, 15) is 5.11 Å². The third-order valence-corrected chi connectivity index (χ3v) is 5.74. The maximum atomic E-state index is 9.83. The lowest BCUT2D eigenvalue weighted by Gasteiger charge is -2.27. The summed E-state index contributed by atoms with van der Waals surface area (Å²) < 4.78 is 11.6. The molecule has 0 aliphatic carbocycles. The van der Waals surface area contributed by atoms with Gasteiger partial charge in [-0.2, -0.15) is 0 Å². The van der Waals surface area contributed by atoms with Crippen LogP contribution in [0.4, 0.5) is 0 Å². The van der Waals surface area contributed by atoms with E-state index >= 15 is 0 Å². The molecule has 2 aromatic carbocycles. The van der Waals surface area contributed by atoms with Gasteiger partial charge >= 0.3 is 0 Å². The van der Waals surface area contributed by atoms with Crippen LogP contribution in [0.2, 0.25) is 0 Å². The van der Waals surface area contributed by atoms with Gasteiger partial charge in [0.2, 0.25) is 0 Å². The summed E-state index contributed by atoms with van der Waals surface area (Å²) in [6, 6.07) is 18.4. The monoisotopic (exact) mass is 427 g/mol. The van der Waals surface area contributed by atoms with Gasteiger partial charge in [0.05, 0.1) is 19.8 Å². The van der Waals surface area contributed by atoms with Gasteiger partial charge in [-0.3, -0.25) is 0 Å². The molecule has 0 fully saturated rings. The van der Waals surface area contributed by atoms with Gasteiger partial charge in [-0.05, 0) is 55.4 Å². The van der Waals surface area contributed by atoms with Gasteiger partial charge in [-0.15, -0.1) is 0 Å². The SMILES string of the molecule is CCCCCCCOc1ccc(CC[C@@](N)(CO)CCCOCc2ccccc2)cc1. The number of nitrogens with two attached hydrogens (primary N) is 1. The number of ether oxygens (including phenoxy) is 2. The number of benzene rings is 2. The highest BCUT2D eigenvalue weighted by molar-refractivity contribution is 5.27. The molecule has 0 amide bonds. The van der Waals surface area contributed by atoms with Crippen molar-refractivity contribution >= 4 is 0 Å². The molecule has 0 unspecified atom stereocenters. The number of rotatable bonds is 17. The number of aryl methyl sites for hydroxylation is 1. The van der Waals surface area contributed by atoms with Gasteiger partial charge < -0.3 is 20.3 Å². The Hall–Kier alpha value is -1.88. The molecule has 0 bridgehead atoms. The van der Waals surface area contributed by atoms with Crippen molar-refractivity contribution in [1.29, 1.82) is 0 Å². The number of hydrogen-bond donors (Lipinski definition) is 2. The zero-order valence-electron chi connectivity index (χ0n) is 19.2. The van der Waals surface area contributed by atoms with E-state index in [1.807, 2.05) is 30.3 Å². The summed E-state index contributed by atoms with van der Waals surface area (Å²) in [4.78, 5) is 0. The number of hydrogen-bond acceptors (Lipinski definition) is 4. The molecule has 4 nitrogen and oxygen atoms in total. The topological polar surface area (TPSA) is 64.7 Å². The molecule has 0 saturated carbocycles. The Balaban J connectivity index is 1.63. The molecule has 1 atom stereocenters. The quantitative estimate of drug-likeness (QED) is 0.320. The third-order valence-electron chi connectivity index (χ3n) is 5.74. The highest BCUT2D eigenvalue weighted by atomic mass is 16.5. The lowest BCUT2D eigenvalue weighted by atomic mass is 9.88. The van der Waals surface area contributed by atoms with Crippen LogP contribution in [-0.2, 0) is 17.8 Å². The highest BCUT2D eigenvalue weighted by Crippen LogP contribution is 2.20. The minimum absolute atomic E-state index is 0.00902. The van der Waals surface area contributed by atoms with E-state index in [4.69, 9.17) is 15.2 Å². The molecule has 0 heterocycles. The Morgan fingerprint density at radius 1 is 0.806 bits per heavy atom. The second kappa shape index (κ2) is 15.0. The molecule has 0 aromatic heterocycles. The average Bonchev–Trinajstić information content (AvgIpc) is 2.81. The summed E-state index contributed by atoms with van der Waals surface area (Å²) in [5, 5.41) is 9.83. The summed E-state index contributed by atoms with van der Waals surface area (Å²) in [6.45, 7) is 4.27. The summed E-state index contributed by atoms with van der Waals surface area (Å²) in [6.07, 6.45) is 9.41. The van der Waals surface area contributed by atoms with Gasteiger partial charge in [0.15, 0.2) is 0 Å². The van der Waals surface area contributed by atoms with Crippen molar-refractivity contribution in [3.8, 4) is 5.75 Å². The first-order valence-electron chi connectivity index (χ1n) is 11.9. The Morgan fingerprint density at radius 3 is 2.26 bits per heavy atom. The second-order valence-corrected chi connectivity index (χ2v) is 8.57. The zero-order chi connectivity index (χ0) is 22.2. The van der Waals surface area contributed by atoms with Crippen molar-refractivity contribution in [2.45, 2.75) is 76.9 Å². The lowest BCUT2D eigenvalue weighted by molar-refractivity contribution is 0.103. The van der Waals surface area contributed by atoms with Gasteiger partial charge in [0.1, 0.15) is 5.75 Å². The van der Waals surface area contributed by atoms with Crippen molar-refractivity contribution < 1.29 is 14.6 Å². The van der Waals surface area contributed by atoms with Crippen molar-refractivity contribution in [1.82, 2.24) is 0 Å². The Morgan fingerprint density at radius 2 is 1.55 bits per heavy atom. The average molecular weight is 428 g/mol. The number of unbranched alkanes of at least 4 members (excludes halogenated alkanes) is 4. The summed E-state index contributed by atoms with van der Waals surface area (Å²) in [7, 11) is 0. The van der Waals surface area contributed by atoms with Crippen LogP contribution < -0.4 is 10.5 Å². The predicted molar refractivity (Wildman–Crippen MR) is 128 cm³/mol. The first kappa shape index (κ1) is 25.4. The van der Waals surface area contributed by atoms with Crippen LogP contribution in [0.1, 0.15) is 69.4 Å². The lowest BCUT2D eigenvalue weighted by Crippen LogP contribution is -2.44. The molecule has 0 aliphatic rings. The zero-order valence-corrected chi connectivity index (χ0v) is 19.2. The van der Waals surface area contributed by atoms with Crippen LogP contribution in [-0.4, -0.2) is 30.5 Å². The van der Waals surface area contributed by atoms with Crippen molar-refractivity contribution in [2.75, 3.05) is 19.8 Å². The van der Waals surface area contributed by atoms with Crippen molar-refractivity contribution in [3.63, 3.8) is 0 Å². The molecular formula is C27H41NO3. The van der Waals surface area contributed by atoms with Gasteiger partial charge in [0, 0.05) is 12.1 Å². The van der Waals surface area contributed by atoms with Crippen LogP contribution in [0.3, 0.4) is 0 Å². The molecule has 172 valence electrons. The molecule has 4 heteroatoms. The van der Waals surface area contributed by atoms with Crippen molar-refractivity contribution in [3.05, 3.63) is 65.7 Å².